The van der Waals surface area contributed by atoms with E-state index in [9.17, 15) is 18.0 Å². The summed E-state index contributed by atoms with van der Waals surface area (Å²) in [4.78, 5) is 10.2. The molecule has 0 aromatic heterocycles. The van der Waals surface area contributed by atoms with Gasteiger partial charge in [0.25, 0.3) is 0 Å². The Labute approximate surface area is 72.3 Å². The van der Waals surface area contributed by atoms with E-state index in [2.05, 4.69) is 6.58 Å². The fourth-order valence-electron chi connectivity index (χ4n) is 0.500. The fourth-order valence-corrected chi connectivity index (χ4v) is 0.500. The van der Waals surface area contributed by atoms with Crippen molar-refractivity contribution in [3.05, 3.63) is 23.8 Å². The zero-order valence-electron chi connectivity index (χ0n) is 6.56. The highest BCUT2D eigenvalue weighted by Crippen LogP contribution is 2.25. The van der Waals surface area contributed by atoms with Crippen molar-refractivity contribution in [1.82, 2.24) is 0 Å². The molecule has 74 valence electrons. The van der Waals surface area contributed by atoms with Crippen LogP contribution < -0.4 is 5.73 Å². The first-order chi connectivity index (χ1) is 5.79. The summed E-state index contributed by atoms with van der Waals surface area (Å²) in [6.45, 7) is 2.21. The Balaban J connectivity index is 4.73. The van der Waals surface area contributed by atoms with Gasteiger partial charge in [-0.2, -0.15) is 13.2 Å². The van der Waals surface area contributed by atoms with E-state index in [0.717, 1.165) is 0 Å². The fraction of sp³-hybridized carbons (Fsp3) is 0.286. The number of alkyl halides is 3. The molecule has 3 nitrogen and oxygen atoms in total. The van der Waals surface area contributed by atoms with Gasteiger partial charge in [0.1, 0.15) is 0 Å². The Morgan fingerprint density at radius 3 is 2.23 bits per heavy atom. The van der Waals surface area contributed by atoms with Gasteiger partial charge in [0, 0.05) is 12.1 Å². The predicted octanol–water partition coefficient (Wildman–Crippen LogP) is 1.07. The number of hydrogen-bond donors (Lipinski definition) is 2. The number of carboxylic acids is 1. The van der Waals surface area contributed by atoms with Crippen LogP contribution in [0, 0.1) is 0 Å². The first-order valence-electron chi connectivity index (χ1n) is 3.19. The minimum absolute atomic E-state index is 0.419. The van der Waals surface area contributed by atoms with E-state index in [-0.39, 0.29) is 0 Å². The Kier molecular flexibility index (Phi) is 3.68. The third kappa shape index (κ3) is 3.75. The molecule has 3 N–H and O–H groups in total. The Bertz CT molecular complexity index is 255. The van der Waals surface area contributed by atoms with E-state index in [1.165, 1.54) is 0 Å². The highest BCUT2D eigenvalue weighted by molar-refractivity contribution is 5.87. The largest absolute Gasteiger partial charge is 0.478 e. The lowest BCUT2D eigenvalue weighted by Crippen LogP contribution is -2.15. The van der Waals surface area contributed by atoms with Gasteiger partial charge >= 0.3 is 12.1 Å². The maximum absolute atomic E-state index is 11.8. The quantitative estimate of drug-likeness (QED) is 0.523. The minimum atomic E-state index is -4.62. The molecule has 0 aliphatic heterocycles. The molecule has 0 aliphatic carbocycles. The first kappa shape index (κ1) is 11.7. The van der Waals surface area contributed by atoms with Crippen LogP contribution >= 0.6 is 0 Å². The number of carbonyl (C=O) groups is 1. The molecule has 0 bridgehead atoms. The van der Waals surface area contributed by atoms with Crippen molar-refractivity contribution >= 4 is 5.97 Å². The van der Waals surface area contributed by atoms with Crippen molar-refractivity contribution in [2.75, 3.05) is 6.54 Å². The van der Waals surface area contributed by atoms with Crippen molar-refractivity contribution < 1.29 is 23.1 Å². The van der Waals surface area contributed by atoms with Gasteiger partial charge in [-0.25, -0.2) is 4.79 Å². The summed E-state index contributed by atoms with van der Waals surface area (Å²) >= 11 is 0. The number of aliphatic carboxylic acids is 1. The summed E-state index contributed by atoms with van der Waals surface area (Å²) < 4.78 is 35.5. The number of rotatable bonds is 3. The lowest BCUT2D eigenvalue weighted by Gasteiger charge is -2.06. The molecular formula is C7H8F3NO2. The van der Waals surface area contributed by atoms with Gasteiger partial charge in [-0.3, -0.25) is 0 Å². The molecule has 6 heteroatoms. The maximum Gasteiger partial charge on any atom is 0.415 e. The monoisotopic (exact) mass is 195 g/mol. The van der Waals surface area contributed by atoms with Crippen LogP contribution in [-0.4, -0.2) is 23.8 Å². The zero-order valence-corrected chi connectivity index (χ0v) is 6.56. The van der Waals surface area contributed by atoms with Gasteiger partial charge in [-0.05, 0) is 6.08 Å². The Morgan fingerprint density at radius 1 is 1.54 bits per heavy atom. The number of carboxylic acid groups (broad SMARTS) is 1. The summed E-state index contributed by atoms with van der Waals surface area (Å²) in [5.74, 6) is -1.48. The maximum atomic E-state index is 11.8. The molecule has 0 unspecified atom stereocenters. The minimum Gasteiger partial charge on any atom is -0.478 e. The third-order valence-electron chi connectivity index (χ3n) is 1.21. The van der Waals surface area contributed by atoms with Crippen molar-refractivity contribution in [3.63, 3.8) is 0 Å². The van der Waals surface area contributed by atoms with Gasteiger partial charge in [0.15, 0.2) is 0 Å². The Hall–Kier alpha value is -1.30. The molecule has 0 atom stereocenters. The van der Waals surface area contributed by atoms with Crippen molar-refractivity contribution in [2.45, 2.75) is 6.18 Å². The molecule has 0 heterocycles. The van der Waals surface area contributed by atoms with Crippen molar-refractivity contribution in [2.24, 2.45) is 5.73 Å². The average Bonchev–Trinajstić information content (AvgIpc) is 1.96. The predicted molar refractivity (Wildman–Crippen MR) is 40.0 cm³/mol. The summed E-state index contributed by atoms with van der Waals surface area (Å²) in [6.07, 6.45) is -4.20. The molecule has 0 fully saturated rings. The third-order valence-corrected chi connectivity index (χ3v) is 1.21. The van der Waals surface area contributed by atoms with Crippen LogP contribution in [0.15, 0.2) is 23.8 Å². The van der Waals surface area contributed by atoms with Crippen molar-refractivity contribution in [1.29, 1.82) is 0 Å². The second-order valence-electron chi connectivity index (χ2n) is 2.20. The zero-order chi connectivity index (χ0) is 10.6. The molecule has 0 rings (SSSR count). The van der Waals surface area contributed by atoms with Crippen LogP contribution in [0.25, 0.3) is 0 Å². The molecule has 0 aromatic rings. The number of halogens is 3. The van der Waals surface area contributed by atoms with Crippen LogP contribution in [0.3, 0.4) is 0 Å². The summed E-state index contributed by atoms with van der Waals surface area (Å²) in [5, 5.41) is 8.33. The van der Waals surface area contributed by atoms with Gasteiger partial charge in [-0.15, -0.1) is 0 Å². The van der Waals surface area contributed by atoms with E-state index in [0.29, 0.717) is 6.08 Å². The van der Waals surface area contributed by atoms with Crippen LogP contribution in [-0.2, 0) is 4.79 Å². The molecular weight excluding hydrogens is 187 g/mol. The van der Waals surface area contributed by atoms with Gasteiger partial charge in [-0.1, -0.05) is 6.58 Å². The average molecular weight is 195 g/mol. The van der Waals surface area contributed by atoms with Crippen LogP contribution in [0.5, 0.6) is 0 Å². The Morgan fingerprint density at radius 2 is 2.00 bits per heavy atom. The number of nitrogens with two attached hydrogens (primary N) is 1. The first-order valence-corrected chi connectivity index (χ1v) is 3.19. The normalized spacial score (nSPS) is 12.8. The van der Waals surface area contributed by atoms with E-state index >= 15 is 0 Å². The highest BCUT2D eigenvalue weighted by atomic mass is 19.4. The summed E-state index contributed by atoms with van der Waals surface area (Å²) in [7, 11) is 0. The van der Waals surface area contributed by atoms with E-state index < -0.39 is 29.8 Å². The van der Waals surface area contributed by atoms with E-state index in [1.807, 2.05) is 0 Å². The molecule has 0 amide bonds. The van der Waals surface area contributed by atoms with Crippen LogP contribution in [0.2, 0.25) is 0 Å². The smallest absolute Gasteiger partial charge is 0.415 e. The van der Waals surface area contributed by atoms with Gasteiger partial charge < -0.3 is 10.8 Å². The molecule has 13 heavy (non-hydrogen) atoms. The molecule has 0 spiro atoms. The molecule has 0 aliphatic rings. The van der Waals surface area contributed by atoms with E-state index in [4.69, 9.17) is 10.8 Å². The second kappa shape index (κ2) is 4.08. The van der Waals surface area contributed by atoms with Gasteiger partial charge in [0.2, 0.25) is 0 Å². The molecule has 0 saturated carbocycles. The molecule has 0 radical (unpaired) electrons. The SMILES string of the molecule is C=C(/C=C(\CN)C(=O)O)C(F)(F)F. The lowest BCUT2D eigenvalue weighted by molar-refractivity contribution is -0.132. The van der Waals surface area contributed by atoms with Crippen LogP contribution in [0.1, 0.15) is 0 Å². The number of hydrogen-bond acceptors (Lipinski definition) is 2. The standard InChI is InChI=1S/C7H8F3NO2/c1-4(7(8,9)10)2-5(3-11)6(12)13/h2H,1,3,11H2,(H,12,13)/b5-2+. The summed E-state index contributed by atoms with van der Waals surface area (Å²) in [5.41, 5.74) is 3.16. The topological polar surface area (TPSA) is 63.3 Å². The second-order valence-corrected chi connectivity index (χ2v) is 2.20. The van der Waals surface area contributed by atoms with Gasteiger partial charge in [0.05, 0.1) is 5.57 Å². The van der Waals surface area contributed by atoms with Crippen LogP contribution in [0.4, 0.5) is 13.2 Å². The van der Waals surface area contributed by atoms with E-state index in [1.54, 1.807) is 0 Å². The molecule has 0 saturated heterocycles. The highest BCUT2D eigenvalue weighted by Gasteiger charge is 2.30. The summed E-state index contributed by atoms with van der Waals surface area (Å²) in [6, 6.07) is 0. The molecule has 0 aromatic carbocycles. The van der Waals surface area contributed by atoms with Crippen molar-refractivity contribution in [3.8, 4) is 0 Å². The number of allylic oxidation sites excluding steroid dienone is 2. The lowest BCUT2D eigenvalue weighted by atomic mass is 10.1.